The van der Waals surface area contributed by atoms with Gasteiger partial charge in [0, 0.05) is 17.8 Å². The van der Waals surface area contributed by atoms with Crippen molar-refractivity contribution >= 4 is 23.0 Å². The minimum atomic E-state index is -0.439. The summed E-state index contributed by atoms with van der Waals surface area (Å²) in [4.78, 5) is 26.4. The number of rotatable bonds is 7. The maximum absolute atomic E-state index is 12.4. The number of aryl methyl sites for hydroxylation is 1. The summed E-state index contributed by atoms with van der Waals surface area (Å²) in [5.74, 6) is 0.810. The standard InChI is InChI=1S/C21H26N4O4/c1-3-29-20-7-5-4-6-19(20)24-12-10-23(11-13-24)15-21(26)22-18-9-8-17(25(27)28)14-16(18)2/h4-9,14H,3,10-13,15H2,1-2H3,(H,22,26)/p+1. The second-order valence-electron chi connectivity index (χ2n) is 7.12. The molecule has 29 heavy (non-hydrogen) atoms. The number of nitro benzene ring substituents is 1. The van der Waals surface area contributed by atoms with E-state index in [1.807, 2.05) is 25.1 Å². The van der Waals surface area contributed by atoms with Crippen molar-refractivity contribution in [2.24, 2.45) is 0 Å². The second kappa shape index (κ2) is 9.38. The zero-order chi connectivity index (χ0) is 20.8. The quantitative estimate of drug-likeness (QED) is 0.546. The zero-order valence-electron chi connectivity index (χ0n) is 16.8. The van der Waals surface area contributed by atoms with Crippen LogP contribution in [0.3, 0.4) is 0 Å². The normalized spacial score (nSPS) is 14.5. The first-order chi connectivity index (χ1) is 14.0. The molecule has 154 valence electrons. The van der Waals surface area contributed by atoms with Crippen molar-refractivity contribution in [2.45, 2.75) is 13.8 Å². The van der Waals surface area contributed by atoms with Gasteiger partial charge in [-0.25, -0.2) is 0 Å². The van der Waals surface area contributed by atoms with Crippen molar-refractivity contribution < 1.29 is 19.4 Å². The molecule has 2 aromatic rings. The number of nitro groups is 1. The molecule has 2 aromatic carbocycles. The van der Waals surface area contributed by atoms with Gasteiger partial charge < -0.3 is 19.9 Å². The van der Waals surface area contributed by atoms with Crippen molar-refractivity contribution in [2.75, 3.05) is 49.5 Å². The molecule has 8 nitrogen and oxygen atoms in total. The van der Waals surface area contributed by atoms with E-state index in [4.69, 9.17) is 4.74 Å². The first kappa shape index (κ1) is 20.6. The van der Waals surface area contributed by atoms with Gasteiger partial charge >= 0.3 is 0 Å². The Labute approximate surface area is 170 Å². The molecule has 2 N–H and O–H groups in total. The lowest BCUT2D eigenvalue weighted by molar-refractivity contribution is -0.892. The number of carbonyl (C=O) groups excluding carboxylic acids is 1. The van der Waals surface area contributed by atoms with Crippen LogP contribution in [0.15, 0.2) is 42.5 Å². The van der Waals surface area contributed by atoms with Crippen molar-refractivity contribution in [1.29, 1.82) is 0 Å². The van der Waals surface area contributed by atoms with Gasteiger partial charge in [0.05, 0.1) is 43.4 Å². The van der Waals surface area contributed by atoms with E-state index in [-0.39, 0.29) is 11.6 Å². The molecule has 0 radical (unpaired) electrons. The van der Waals surface area contributed by atoms with Gasteiger partial charge in [-0.1, -0.05) is 12.1 Å². The molecule has 1 saturated heterocycles. The number of carbonyl (C=O) groups is 1. The van der Waals surface area contributed by atoms with Gasteiger partial charge in [-0.15, -0.1) is 0 Å². The third-order valence-electron chi connectivity index (χ3n) is 5.08. The van der Waals surface area contributed by atoms with Crippen LogP contribution in [0.2, 0.25) is 0 Å². The Morgan fingerprint density at radius 1 is 1.24 bits per heavy atom. The molecule has 0 saturated carbocycles. The smallest absolute Gasteiger partial charge is 0.279 e. The summed E-state index contributed by atoms with van der Waals surface area (Å²) in [6.07, 6.45) is 0. The molecule has 0 unspecified atom stereocenters. The van der Waals surface area contributed by atoms with Gasteiger partial charge in [0.2, 0.25) is 0 Å². The zero-order valence-corrected chi connectivity index (χ0v) is 16.8. The highest BCUT2D eigenvalue weighted by molar-refractivity contribution is 5.92. The molecule has 1 aliphatic heterocycles. The van der Waals surface area contributed by atoms with E-state index in [0.29, 0.717) is 24.4 Å². The largest absolute Gasteiger partial charge is 0.492 e. The average Bonchev–Trinajstić information content (AvgIpc) is 2.71. The number of anilines is 2. The molecule has 0 atom stereocenters. The lowest BCUT2D eigenvalue weighted by atomic mass is 10.1. The molecule has 8 heteroatoms. The third kappa shape index (κ3) is 5.23. The fraction of sp³-hybridized carbons (Fsp3) is 0.381. The van der Waals surface area contributed by atoms with E-state index in [2.05, 4.69) is 16.3 Å². The SMILES string of the molecule is CCOc1ccccc1N1CC[NH+](CC(=O)Nc2ccc([N+](=O)[O-])cc2C)CC1. The maximum atomic E-state index is 12.4. The van der Waals surface area contributed by atoms with Gasteiger partial charge in [0.1, 0.15) is 5.75 Å². The summed E-state index contributed by atoms with van der Waals surface area (Å²) in [5, 5.41) is 13.7. The molecule has 1 amide bonds. The number of hydrogen-bond acceptors (Lipinski definition) is 5. The molecule has 0 bridgehead atoms. The molecule has 3 rings (SSSR count). The summed E-state index contributed by atoms with van der Waals surface area (Å²) in [6, 6.07) is 12.5. The van der Waals surface area contributed by atoms with Crippen LogP contribution in [0.25, 0.3) is 0 Å². The Balaban J connectivity index is 1.53. The first-order valence-corrected chi connectivity index (χ1v) is 9.83. The lowest BCUT2D eigenvalue weighted by Gasteiger charge is -2.34. The number of benzene rings is 2. The van der Waals surface area contributed by atoms with Crippen molar-refractivity contribution in [3.05, 3.63) is 58.1 Å². The Hall–Kier alpha value is -3.13. The number of nitrogens with one attached hydrogen (secondary N) is 2. The molecule has 0 spiro atoms. The van der Waals surface area contributed by atoms with Crippen LogP contribution in [0, 0.1) is 17.0 Å². The number of non-ortho nitro benzene ring substituents is 1. The number of hydrogen-bond donors (Lipinski definition) is 2. The van der Waals surface area contributed by atoms with Crippen LogP contribution >= 0.6 is 0 Å². The van der Waals surface area contributed by atoms with Gasteiger partial charge in [0.15, 0.2) is 6.54 Å². The fourth-order valence-corrected chi connectivity index (χ4v) is 3.56. The molecular weight excluding hydrogens is 372 g/mol. The second-order valence-corrected chi connectivity index (χ2v) is 7.12. The number of ether oxygens (including phenoxy) is 1. The van der Waals surface area contributed by atoms with Crippen LogP contribution < -0.4 is 19.9 Å². The lowest BCUT2D eigenvalue weighted by Crippen LogP contribution is -3.15. The van der Waals surface area contributed by atoms with E-state index in [1.165, 1.54) is 17.0 Å². The van der Waals surface area contributed by atoms with E-state index in [0.717, 1.165) is 37.6 Å². The number of piperazine rings is 1. The van der Waals surface area contributed by atoms with E-state index >= 15 is 0 Å². The molecule has 1 aliphatic rings. The average molecular weight is 399 g/mol. The molecule has 1 fully saturated rings. The molecule has 0 aromatic heterocycles. The number of nitrogens with zero attached hydrogens (tertiary/aromatic N) is 2. The summed E-state index contributed by atoms with van der Waals surface area (Å²) in [5.41, 5.74) is 2.41. The molecule has 1 heterocycles. The van der Waals surface area contributed by atoms with Gasteiger partial charge in [-0.2, -0.15) is 0 Å². The Morgan fingerprint density at radius 3 is 2.62 bits per heavy atom. The van der Waals surface area contributed by atoms with Crippen LogP contribution in [-0.4, -0.2) is 50.2 Å². The highest BCUT2D eigenvalue weighted by Gasteiger charge is 2.24. The van der Waals surface area contributed by atoms with Crippen LogP contribution in [-0.2, 0) is 4.79 Å². The minimum absolute atomic E-state index is 0.0228. The van der Waals surface area contributed by atoms with Crippen LogP contribution in [0.5, 0.6) is 5.75 Å². The van der Waals surface area contributed by atoms with Crippen LogP contribution in [0.4, 0.5) is 17.1 Å². The molecule has 0 aliphatic carbocycles. The topological polar surface area (TPSA) is 89.2 Å². The summed E-state index contributed by atoms with van der Waals surface area (Å²) in [6.45, 7) is 8.14. The summed E-state index contributed by atoms with van der Waals surface area (Å²) >= 11 is 0. The van der Waals surface area contributed by atoms with Gasteiger partial charge in [0.25, 0.3) is 11.6 Å². The predicted octanol–water partition coefficient (Wildman–Crippen LogP) is 1.65. The number of quaternary nitrogens is 1. The summed E-state index contributed by atoms with van der Waals surface area (Å²) in [7, 11) is 0. The monoisotopic (exact) mass is 399 g/mol. The first-order valence-electron chi connectivity index (χ1n) is 9.83. The van der Waals surface area contributed by atoms with Crippen molar-refractivity contribution in [3.63, 3.8) is 0 Å². The summed E-state index contributed by atoms with van der Waals surface area (Å²) < 4.78 is 5.73. The highest BCUT2D eigenvalue weighted by atomic mass is 16.6. The minimum Gasteiger partial charge on any atom is -0.492 e. The molecular formula is C21H27N4O4+. The number of amides is 1. The van der Waals surface area contributed by atoms with E-state index in [9.17, 15) is 14.9 Å². The predicted molar refractivity (Wildman–Crippen MR) is 112 cm³/mol. The fourth-order valence-electron chi connectivity index (χ4n) is 3.56. The van der Waals surface area contributed by atoms with Crippen LogP contribution in [0.1, 0.15) is 12.5 Å². The number of para-hydroxylation sites is 2. The van der Waals surface area contributed by atoms with Gasteiger partial charge in [-0.05, 0) is 37.6 Å². The maximum Gasteiger partial charge on any atom is 0.279 e. The Morgan fingerprint density at radius 2 is 1.97 bits per heavy atom. The van der Waals surface area contributed by atoms with E-state index < -0.39 is 4.92 Å². The van der Waals surface area contributed by atoms with Crippen molar-refractivity contribution in [3.8, 4) is 5.75 Å². The Bertz CT molecular complexity index is 879. The Kier molecular flexibility index (Phi) is 6.66. The van der Waals surface area contributed by atoms with Gasteiger partial charge in [-0.3, -0.25) is 14.9 Å². The van der Waals surface area contributed by atoms with Crippen molar-refractivity contribution in [1.82, 2.24) is 0 Å². The third-order valence-corrected chi connectivity index (χ3v) is 5.08. The van der Waals surface area contributed by atoms with E-state index in [1.54, 1.807) is 13.0 Å². The highest BCUT2D eigenvalue weighted by Crippen LogP contribution is 2.27.